The van der Waals surface area contributed by atoms with Crippen LogP contribution in [-0.4, -0.2) is 9.55 Å². The Morgan fingerprint density at radius 2 is 2.24 bits per heavy atom. The average Bonchev–Trinajstić information content (AvgIpc) is 2.69. The second-order valence-electron chi connectivity index (χ2n) is 4.04. The van der Waals surface area contributed by atoms with Crippen molar-refractivity contribution in [3.63, 3.8) is 0 Å². The van der Waals surface area contributed by atoms with E-state index in [0.29, 0.717) is 4.77 Å². The Morgan fingerprint density at radius 1 is 1.47 bits per heavy atom. The molecular weight excluding hydrogens is 235 g/mol. The molecule has 1 aromatic heterocycles. The van der Waals surface area contributed by atoms with Crippen molar-refractivity contribution >= 4 is 12.2 Å². The quantitative estimate of drug-likeness (QED) is 0.820. The van der Waals surface area contributed by atoms with E-state index in [1.807, 2.05) is 23.8 Å². The number of H-pyrrole nitrogens is 1. The van der Waals surface area contributed by atoms with Gasteiger partial charge in [-0.05, 0) is 43.3 Å². The summed E-state index contributed by atoms with van der Waals surface area (Å²) in [6, 6.07) is 6.69. The number of aromatic amines is 1. The van der Waals surface area contributed by atoms with Crippen LogP contribution in [0.4, 0.5) is 4.39 Å². The molecule has 2 nitrogen and oxygen atoms in total. The van der Waals surface area contributed by atoms with E-state index in [1.165, 1.54) is 6.07 Å². The number of aromatic nitrogens is 2. The van der Waals surface area contributed by atoms with Crippen molar-refractivity contribution in [2.24, 2.45) is 0 Å². The molecule has 4 heteroatoms. The van der Waals surface area contributed by atoms with Crippen molar-refractivity contribution in [2.75, 3.05) is 0 Å². The third-order valence-electron chi connectivity index (χ3n) is 2.97. The Labute approximate surface area is 105 Å². The molecule has 1 atom stereocenters. The van der Waals surface area contributed by atoms with Gasteiger partial charge in [-0.15, -0.1) is 0 Å². The molecule has 0 aliphatic heterocycles. The maximum Gasteiger partial charge on any atom is 0.177 e. The summed E-state index contributed by atoms with van der Waals surface area (Å²) < 4.78 is 15.9. The van der Waals surface area contributed by atoms with E-state index in [2.05, 4.69) is 11.9 Å². The normalized spacial score (nSPS) is 12.6. The predicted molar refractivity (Wildman–Crippen MR) is 69.2 cm³/mol. The first-order valence-electron chi connectivity index (χ1n) is 5.67. The van der Waals surface area contributed by atoms with E-state index in [-0.39, 0.29) is 11.9 Å². The summed E-state index contributed by atoms with van der Waals surface area (Å²) in [4.78, 5) is 3.04. The number of nitrogens with one attached hydrogen (secondary N) is 1. The van der Waals surface area contributed by atoms with Gasteiger partial charge in [-0.1, -0.05) is 19.1 Å². The summed E-state index contributed by atoms with van der Waals surface area (Å²) in [6.45, 7) is 4.10. The van der Waals surface area contributed by atoms with Crippen LogP contribution in [-0.2, 0) is 6.42 Å². The van der Waals surface area contributed by atoms with Gasteiger partial charge in [-0.3, -0.25) is 0 Å². The van der Waals surface area contributed by atoms with E-state index in [9.17, 15) is 4.39 Å². The van der Waals surface area contributed by atoms with Gasteiger partial charge in [0.2, 0.25) is 0 Å². The minimum absolute atomic E-state index is 0.0411. The van der Waals surface area contributed by atoms with Crippen molar-refractivity contribution in [3.05, 3.63) is 52.3 Å². The number of rotatable bonds is 3. The highest BCUT2D eigenvalue weighted by Gasteiger charge is 2.12. The Morgan fingerprint density at radius 3 is 2.88 bits per heavy atom. The number of imidazole rings is 1. The first-order chi connectivity index (χ1) is 8.13. The van der Waals surface area contributed by atoms with Crippen LogP contribution >= 0.6 is 12.2 Å². The summed E-state index contributed by atoms with van der Waals surface area (Å²) in [5.74, 6) is -0.213. The fourth-order valence-corrected chi connectivity index (χ4v) is 2.36. The lowest BCUT2D eigenvalue weighted by Crippen LogP contribution is -2.10. The maximum absolute atomic E-state index is 13.2. The third kappa shape index (κ3) is 2.31. The van der Waals surface area contributed by atoms with Crippen LogP contribution in [0.3, 0.4) is 0 Å². The Hall–Kier alpha value is -1.42. The number of nitrogens with zero attached hydrogens (tertiary/aromatic N) is 1. The minimum atomic E-state index is -0.213. The molecule has 0 bridgehead atoms. The van der Waals surface area contributed by atoms with Crippen LogP contribution in [0, 0.1) is 10.6 Å². The third-order valence-corrected chi connectivity index (χ3v) is 3.29. The zero-order chi connectivity index (χ0) is 12.4. The van der Waals surface area contributed by atoms with Crippen molar-refractivity contribution < 1.29 is 4.39 Å². The van der Waals surface area contributed by atoms with Crippen LogP contribution in [0.1, 0.15) is 31.1 Å². The molecule has 0 radical (unpaired) electrons. The van der Waals surface area contributed by atoms with Crippen molar-refractivity contribution in [1.82, 2.24) is 9.55 Å². The molecule has 1 aromatic carbocycles. The SMILES string of the molecule is CCc1c[nH]c(=S)n1C(C)c1cccc(F)c1. The second kappa shape index (κ2) is 4.84. The summed E-state index contributed by atoms with van der Waals surface area (Å²) in [5.41, 5.74) is 2.06. The molecule has 0 aliphatic rings. The highest BCUT2D eigenvalue weighted by atomic mass is 32.1. The molecule has 1 heterocycles. The lowest BCUT2D eigenvalue weighted by Gasteiger charge is -2.16. The summed E-state index contributed by atoms with van der Waals surface area (Å²) in [6.07, 6.45) is 2.81. The van der Waals surface area contributed by atoms with E-state index in [0.717, 1.165) is 17.7 Å². The molecule has 1 unspecified atom stereocenters. The van der Waals surface area contributed by atoms with Gasteiger partial charge in [0.05, 0.1) is 6.04 Å². The van der Waals surface area contributed by atoms with Gasteiger partial charge in [0.25, 0.3) is 0 Å². The molecule has 0 fully saturated rings. The molecule has 2 aromatic rings. The van der Waals surface area contributed by atoms with Crippen molar-refractivity contribution in [2.45, 2.75) is 26.3 Å². The van der Waals surface area contributed by atoms with Crippen LogP contribution in [0.2, 0.25) is 0 Å². The van der Waals surface area contributed by atoms with E-state index < -0.39 is 0 Å². The van der Waals surface area contributed by atoms with Gasteiger partial charge in [0.15, 0.2) is 4.77 Å². The molecular formula is C13H15FN2S. The monoisotopic (exact) mass is 250 g/mol. The van der Waals surface area contributed by atoms with Crippen molar-refractivity contribution in [3.8, 4) is 0 Å². The molecule has 17 heavy (non-hydrogen) atoms. The molecule has 2 rings (SSSR count). The van der Waals surface area contributed by atoms with Gasteiger partial charge in [-0.2, -0.15) is 0 Å². The largest absolute Gasteiger partial charge is 0.337 e. The number of hydrogen-bond acceptors (Lipinski definition) is 1. The topological polar surface area (TPSA) is 20.7 Å². The lowest BCUT2D eigenvalue weighted by atomic mass is 10.1. The number of halogens is 1. The highest BCUT2D eigenvalue weighted by Crippen LogP contribution is 2.21. The lowest BCUT2D eigenvalue weighted by molar-refractivity contribution is 0.587. The van der Waals surface area contributed by atoms with Crippen LogP contribution in [0.15, 0.2) is 30.5 Å². The predicted octanol–water partition coefficient (Wildman–Crippen LogP) is 3.86. The van der Waals surface area contributed by atoms with Gasteiger partial charge in [-0.25, -0.2) is 4.39 Å². The minimum Gasteiger partial charge on any atom is -0.337 e. The standard InChI is InChI=1S/C13H15FN2S/c1-3-12-8-15-13(17)16(12)9(2)10-5-4-6-11(14)7-10/h4-9H,3H2,1-2H3,(H,15,17). The zero-order valence-electron chi connectivity index (χ0n) is 9.90. The number of benzene rings is 1. The summed E-state index contributed by atoms with van der Waals surface area (Å²) in [5, 5.41) is 0. The van der Waals surface area contributed by atoms with E-state index in [1.54, 1.807) is 12.1 Å². The zero-order valence-corrected chi connectivity index (χ0v) is 10.7. The fraction of sp³-hybridized carbons (Fsp3) is 0.308. The molecule has 0 saturated carbocycles. The van der Waals surface area contributed by atoms with Crippen LogP contribution in [0.25, 0.3) is 0 Å². The molecule has 90 valence electrons. The Balaban J connectivity index is 2.46. The Kier molecular flexibility index (Phi) is 3.43. The van der Waals surface area contributed by atoms with Crippen molar-refractivity contribution in [1.29, 1.82) is 0 Å². The molecule has 0 saturated heterocycles. The van der Waals surface area contributed by atoms with Gasteiger partial charge < -0.3 is 9.55 Å². The molecule has 0 spiro atoms. The van der Waals surface area contributed by atoms with Gasteiger partial charge in [0.1, 0.15) is 5.82 Å². The molecule has 0 amide bonds. The first kappa shape index (κ1) is 12.0. The Bertz CT molecular complexity index is 571. The second-order valence-corrected chi connectivity index (χ2v) is 4.43. The highest BCUT2D eigenvalue weighted by molar-refractivity contribution is 7.71. The fourth-order valence-electron chi connectivity index (χ4n) is 2.03. The van der Waals surface area contributed by atoms with Crippen LogP contribution in [0.5, 0.6) is 0 Å². The van der Waals surface area contributed by atoms with E-state index in [4.69, 9.17) is 12.2 Å². The summed E-state index contributed by atoms with van der Waals surface area (Å²) in [7, 11) is 0. The number of aryl methyl sites for hydroxylation is 1. The molecule has 1 N–H and O–H groups in total. The smallest absolute Gasteiger partial charge is 0.177 e. The first-order valence-corrected chi connectivity index (χ1v) is 6.08. The van der Waals surface area contributed by atoms with Crippen LogP contribution < -0.4 is 0 Å². The molecule has 0 aliphatic carbocycles. The maximum atomic E-state index is 13.2. The van der Waals surface area contributed by atoms with Gasteiger partial charge in [0, 0.05) is 11.9 Å². The summed E-state index contributed by atoms with van der Waals surface area (Å²) >= 11 is 5.26. The number of hydrogen-bond donors (Lipinski definition) is 1. The average molecular weight is 250 g/mol. The van der Waals surface area contributed by atoms with Gasteiger partial charge >= 0.3 is 0 Å². The van der Waals surface area contributed by atoms with E-state index >= 15 is 0 Å².